The molecule has 0 unspecified atom stereocenters. The summed E-state index contributed by atoms with van der Waals surface area (Å²) in [5.41, 5.74) is 1.13. The van der Waals surface area contributed by atoms with Gasteiger partial charge in [0.2, 0.25) is 0 Å². The van der Waals surface area contributed by atoms with Crippen LogP contribution in [0.5, 0.6) is 0 Å². The summed E-state index contributed by atoms with van der Waals surface area (Å²) in [6.45, 7) is 3.96. The third-order valence-electron chi connectivity index (χ3n) is 3.64. The van der Waals surface area contributed by atoms with Crippen molar-refractivity contribution in [1.29, 1.82) is 0 Å². The van der Waals surface area contributed by atoms with Crippen LogP contribution in [-0.4, -0.2) is 24.6 Å². The predicted octanol–water partition coefficient (Wildman–Crippen LogP) is 3.22. The molecule has 1 fully saturated rings. The van der Waals surface area contributed by atoms with Gasteiger partial charge in [0.15, 0.2) is 0 Å². The molecule has 1 aromatic rings. The summed E-state index contributed by atoms with van der Waals surface area (Å²) in [4.78, 5) is 6.93. The van der Waals surface area contributed by atoms with Gasteiger partial charge in [-0.1, -0.05) is 24.4 Å². The summed E-state index contributed by atoms with van der Waals surface area (Å²) in [7, 11) is 1.93. The van der Waals surface area contributed by atoms with Crippen LogP contribution in [0.4, 0.5) is 5.82 Å². The third kappa shape index (κ3) is 2.96. The number of nitrogens with one attached hydrogen (secondary N) is 1. The van der Waals surface area contributed by atoms with Crippen LogP contribution in [0.2, 0.25) is 5.02 Å². The SMILES string of the molecule is CCN(c1ncc(CNC)cc1Cl)C1CCCC1. The van der Waals surface area contributed by atoms with Crippen LogP contribution in [-0.2, 0) is 6.54 Å². The Morgan fingerprint density at radius 3 is 2.72 bits per heavy atom. The number of pyridine rings is 1. The molecular formula is C14H22ClN3. The van der Waals surface area contributed by atoms with E-state index in [2.05, 4.69) is 22.1 Å². The van der Waals surface area contributed by atoms with Gasteiger partial charge in [0.1, 0.15) is 5.82 Å². The molecule has 3 nitrogen and oxygen atoms in total. The maximum atomic E-state index is 6.39. The zero-order chi connectivity index (χ0) is 13.0. The first-order chi connectivity index (χ1) is 8.76. The lowest BCUT2D eigenvalue weighted by Gasteiger charge is -2.29. The zero-order valence-electron chi connectivity index (χ0n) is 11.2. The quantitative estimate of drug-likeness (QED) is 0.888. The number of anilines is 1. The van der Waals surface area contributed by atoms with E-state index in [9.17, 15) is 0 Å². The fourth-order valence-corrected chi connectivity index (χ4v) is 3.08. The highest BCUT2D eigenvalue weighted by atomic mass is 35.5. The first kappa shape index (κ1) is 13.6. The van der Waals surface area contributed by atoms with Gasteiger partial charge in [-0.25, -0.2) is 4.98 Å². The van der Waals surface area contributed by atoms with Crippen LogP contribution in [0.15, 0.2) is 12.3 Å². The molecule has 100 valence electrons. The fourth-order valence-electron chi connectivity index (χ4n) is 2.78. The Morgan fingerprint density at radius 2 is 2.17 bits per heavy atom. The van der Waals surface area contributed by atoms with Crippen molar-refractivity contribution in [2.24, 2.45) is 0 Å². The van der Waals surface area contributed by atoms with E-state index < -0.39 is 0 Å². The van der Waals surface area contributed by atoms with Gasteiger partial charge in [-0.05, 0) is 38.4 Å². The van der Waals surface area contributed by atoms with Gasteiger partial charge in [0, 0.05) is 25.3 Å². The van der Waals surface area contributed by atoms with Crippen molar-refractivity contribution in [3.63, 3.8) is 0 Å². The summed E-state index contributed by atoms with van der Waals surface area (Å²) in [5.74, 6) is 0.950. The lowest BCUT2D eigenvalue weighted by molar-refractivity contribution is 0.613. The van der Waals surface area contributed by atoms with Gasteiger partial charge in [-0.15, -0.1) is 0 Å². The Labute approximate surface area is 115 Å². The molecule has 0 bridgehead atoms. The molecule has 0 saturated heterocycles. The van der Waals surface area contributed by atoms with E-state index >= 15 is 0 Å². The van der Waals surface area contributed by atoms with E-state index in [1.54, 1.807) is 0 Å². The van der Waals surface area contributed by atoms with E-state index in [1.165, 1.54) is 25.7 Å². The van der Waals surface area contributed by atoms with Gasteiger partial charge in [0.05, 0.1) is 5.02 Å². The molecule has 4 heteroatoms. The Kier molecular flexibility index (Phi) is 4.84. The number of rotatable bonds is 5. The first-order valence-electron chi connectivity index (χ1n) is 6.82. The molecule has 18 heavy (non-hydrogen) atoms. The Hall–Kier alpha value is -0.800. The van der Waals surface area contributed by atoms with Crippen molar-refractivity contribution in [3.8, 4) is 0 Å². The van der Waals surface area contributed by atoms with Gasteiger partial charge >= 0.3 is 0 Å². The summed E-state index contributed by atoms with van der Waals surface area (Å²) >= 11 is 6.39. The number of halogens is 1. The summed E-state index contributed by atoms with van der Waals surface area (Å²) in [6.07, 6.45) is 7.12. The Morgan fingerprint density at radius 1 is 1.44 bits per heavy atom. The minimum Gasteiger partial charge on any atom is -0.353 e. The van der Waals surface area contributed by atoms with Crippen molar-refractivity contribution in [2.45, 2.75) is 45.2 Å². The molecule has 0 atom stereocenters. The van der Waals surface area contributed by atoms with Crippen molar-refractivity contribution in [2.75, 3.05) is 18.5 Å². The second-order valence-corrected chi connectivity index (χ2v) is 5.31. The molecule has 1 heterocycles. The van der Waals surface area contributed by atoms with Gasteiger partial charge in [-0.2, -0.15) is 0 Å². The lowest BCUT2D eigenvalue weighted by atomic mass is 10.2. The largest absolute Gasteiger partial charge is 0.353 e. The lowest BCUT2D eigenvalue weighted by Crippen LogP contribution is -2.34. The Bertz CT molecular complexity index is 389. The molecule has 1 N–H and O–H groups in total. The zero-order valence-corrected chi connectivity index (χ0v) is 12.0. The van der Waals surface area contributed by atoms with Gasteiger partial charge in [0.25, 0.3) is 0 Å². The van der Waals surface area contributed by atoms with E-state index in [0.29, 0.717) is 6.04 Å². The fraction of sp³-hybridized carbons (Fsp3) is 0.643. The van der Waals surface area contributed by atoms with E-state index in [4.69, 9.17) is 11.6 Å². The monoisotopic (exact) mass is 267 g/mol. The molecule has 0 aliphatic heterocycles. The molecule has 1 aliphatic carbocycles. The maximum Gasteiger partial charge on any atom is 0.147 e. The van der Waals surface area contributed by atoms with Gasteiger partial charge in [-0.3, -0.25) is 0 Å². The number of hydrogen-bond acceptors (Lipinski definition) is 3. The maximum absolute atomic E-state index is 6.39. The summed E-state index contributed by atoms with van der Waals surface area (Å²) in [6, 6.07) is 2.65. The van der Waals surface area contributed by atoms with Crippen LogP contribution in [0.25, 0.3) is 0 Å². The normalized spacial score (nSPS) is 16.2. The topological polar surface area (TPSA) is 28.2 Å². The highest BCUT2D eigenvalue weighted by molar-refractivity contribution is 6.33. The summed E-state index contributed by atoms with van der Waals surface area (Å²) in [5, 5.41) is 3.89. The molecule has 1 aliphatic rings. The first-order valence-corrected chi connectivity index (χ1v) is 7.19. The standard InChI is InChI=1S/C14H22ClN3/c1-3-18(12-6-4-5-7-12)14-13(15)8-11(9-16-2)10-17-14/h8,10,12,16H,3-7,9H2,1-2H3. The Balaban J connectivity index is 2.19. The molecule has 1 aromatic heterocycles. The van der Waals surface area contributed by atoms with Crippen molar-refractivity contribution >= 4 is 17.4 Å². The predicted molar refractivity (Wildman–Crippen MR) is 77.3 cm³/mol. The second-order valence-electron chi connectivity index (χ2n) is 4.90. The molecule has 1 saturated carbocycles. The van der Waals surface area contributed by atoms with Crippen molar-refractivity contribution in [1.82, 2.24) is 10.3 Å². The molecule has 0 amide bonds. The van der Waals surface area contributed by atoms with E-state index in [0.717, 1.165) is 29.5 Å². The number of nitrogens with zero attached hydrogens (tertiary/aromatic N) is 2. The van der Waals surface area contributed by atoms with Crippen LogP contribution in [0, 0.1) is 0 Å². The van der Waals surface area contributed by atoms with E-state index in [1.807, 2.05) is 19.3 Å². The van der Waals surface area contributed by atoms with Crippen molar-refractivity contribution in [3.05, 3.63) is 22.8 Å². The third-order valence-corrected chi connectivity index (χ3v) is 3.92. The minimum atomic E-state index is 0.621. The number of aromatic nitrogens is 1. The van der Waals surface area contributed by atoms with Crippen LogP contribution in [0.1, 0.15) is 38.2 Å². The number of hydrogen-bond donors (Lipinski definition) is 1. The smallest absolute Gasteiger partial charge is 0.147 e. The molecule has 0 spiro atoms. The average Bonchev–Trinajstić information content (AvgIpc) is 2.87. The summed E-state index contributed by atoms with van der Waals surface area (Å²) < 4.78 is 0. The van der Waals surface area contributed by atoms with Crippen LogP contribution >= 0.6 is 11.6 Å². The molecule has 2 rings (SSSR count). The minimum absolute atomic E-state index is 0.621. The van der Waals surface area contributed by atoms with Crippen molar-refractivity contribution < 1.29 is 0 Å². The highest BCUT2D eigenvalue weighted by Crippen LogP contribution is 2.31. The van der Waals surface area contributed by atoms with Gasteiger partial charge < -0.3 is 10.2 Å². The highest BCUT2D eigenvalue weighted by Gasteiger charge is 2.24. The second kappa shape index (κ2) is 6.39. The molecule has 0 aromatic carbocycles. The molecule has 0 radical (unpaired) electrons. The van der Waals surface area contributed by atoms with Crippen LogP contribution in [0.3, 0.4) is 0 Å². The molecular weight excluding hydrogens is 246 g/mol. The average molecular weight is 268 g/mol. The van der Waals surface area contributed by atoms with E-state index in [-0.39, 0.29) is 0 Å². The van der Waals surface area contributed by atoms with Crippen LogP contribution < -0.4 is 10.2 Å².